The second-order valence-electron chi connectivity index (χ2n) is 3.90. The van der Waals surface area contributed by atoms with E-state index in [0.717, 1.165) is 0 Å². The van der Waals surface area contributed by atoms with Gasteiger partial charge in [0.15, 0.2) is 11.5 Å². The highest BCUT2D eigenvalue weighted by Gasteiger charge is 2.19. The summed E-state index contributed by atoms with van der Waals surface area (Å²) >= 11 is 0. The van der Waals surface area contributed by atoms with E-state index in [4.69, 9.17) is 15.9 Å². The number of benzene rings is 1. The average molecular weight is 280 g/mol. The van der Waals surface area contributed by atoms with Crippen LogP contribution in [0.2, 0.25) is 0 Å². The molecule has 20 heavy (non-hydrogen) atoms. The maximum Gasteiger partial charge on any atom is 0.341 e. The summed E-state index contributed by atoms with van der Waals surface area (Å²) in [6.07, 6.45) is 3.33. The molecular formula is C15H17FO4. The van der Waals surface area contributed by atoms with E-state index in [1.54, 1.807) is 25.1 Å². The Labute approximate surface area is 117 Å². The predicted octanol–water partition coefficient (Wildman–Crippen LogP) is 2.15. The fourth-order valence-corrected chi connectivity index (χ4v) is 1.60. The van der Waals surface area contributed by atoms with E-state index < -0.39 is 12.1 Å². The molecule has 108 valence electrons. The molecular weight excluding hydrogens is 263 g/mol. The Kier molecular flexibility index (Phi) is 6.38. The zero-order chi connectivity index (χ0) is 15.0. The zero-order valence-electron chi connectivity index (χ0n) is 11.5. The van der Waals surface area contributed by atoms with Gasteiger partial charge in [-0.05, 0) is 24.6 Å². The van der Waals surface area contributed by atoms with E-state index >= 15 is 0 Å². The molecule has 0 radical (unpaired) electrons. The average Bonchev–Trinajstić information content (AvgIpc) is 2.45. The lowest BCUT2D eigenvalue weighted by Crippen LogP contribution is -2.21. The van der Waals surface area contributed by atoms with Crippen molar-refractivity contribution in [2.75, 3.05) is 20.3 Å². The lowest BCUT2D eigenvalue weighted by molar-refractivity contribution is -0.149. The van der Waals surface area contributed by atoms with Crippen LogP contribution < -0.4 is 9.47 Å². The number of rotatable bonds is 7. The number of carbonyl (C=O) groups is 1. The molecule has 1 unspecified atom stereocenters. The zero-order valence-corrected chi connectivity index (χ0v) is 11.5. The van der Waals surface area contributed by atoms with Crippen molar-refractivity contribution < 1.29 is 23.4 Å². The number of carbonyl (C=O) groups excluding carboxylic acids is 1. The van der Waals surface area contributed by atoms with Crippen molar-refractivity contribution in [1.82, 2.24) is 0 Å². The molecule has 1 aromatic carbocycles. The first kappa shape index (κ1) is 15.8. The van der Waals surface area contributed by atoms with Crippen LogP contribution in [0, 0.1) is 12.3 Å². The minimum Gasteiger partial charge on any atom is -0.493 e. The molecule has 4 nitrogen and oxygen atoms in total. The minimum atomic E-state index is -1.70. The van der Waals surface area contributed by atoms with Crippen LogP contribution in [-0.4, -0.2) is 32.5 Å². The first-order valence-corrected chi connectivity index (χ1v) is 6.16. The van der Waals surface area contributed by atoms with Gasteiger partial charge in [-0.1, -0.05) is 12.0 Å². The topological polar surface area (TPSA) is 44.8 Å². The number of halogens is 1. The maximum atomic E-state index is 13.6. The molecule has 0 aliphatic carbocycles. The highest BCUT2D eigenvalue weighted by atomic mass is 19.1. The van der Waals surface area contributed by atoms with E-state index in [2.05, 4.69) is 10.7 Å². The van der Waals surface area contributed by atoms with Crippen molar-refractivity contribution in [3.05, 3.63) is 23.8 Å². The van der Waals surface area contributed by atoms with E-state index in [-0.39, 0.29) is 19.6 Å². The summed E-state index contributed by atoms with van der Waals surface area (Å²) in [6.45, 7) is 1.90. The Morgan fingerprint density at radius 1 is 1.45 bits per heavy atom. The minimum absolute atomic E-state index is 0.0788. The van der Waals surface area contributed by atoms with Crippen molar-refractivity contribution in [2.24, 2.45) is 0 Å². The van der Waals surface area contributed by atoms with Crippen molar-refractivity contribution in [1.29, 1.82) is 0 Å². The van der Waals surface area contributed by atoms with E-state index in [1.165, 1.54) is 7.11 Å². The second-order valence-corrected chi connectivity index (χ2v) is 3.90. The van der Waals surface area contributed by atoms with Gasteiger partial charge in [0.25, 0.3) is 0 Å². The largest absolute Gasteiger partial charge is 0.493 e. The third-order valence-electron chi connectivity index (χ3n) is 2.50. The molecule has 0 fully saturated rings. The van der Waals surface area contributed by atoms with Crippen LogP contribution in [0.5, 0.6) is 11.5 Å². The Bertz CT molecular complexity index is 493. The number of esters is 1. The van der Waals surface area contributed by atoms with Crippen LogP contribution in [0.25, 0.3) is 0 Å². The summed E-state index contributed by atoms with van der Waals surface area (Å²) in [4.78, 5) is 11.2. The molecule has 1 atom stereocenters. The number of terminal acetylenes is 1. The highest BCUT2D eigenvalue weighted by Crippen LogP contribution is 2.28. The van der Waals surface area contributed by atoms with Crippen LogP contribution in [-0.2, 0) is 16.0 Å². The molecule has 0 aromatic heterocycles. The summed E-state index contributed by atoms with van der Waals surface area (Å²) in [7, 11) is 1.47. The summed E-state index contributed by atoms with van der Waals surface area (Å²) in [6, 6.07) is 4.89. The summed E-state index contributed by atoms with van der Waals surface area (Å²) in [5.41, 5.74) is 0.607. The molecule has 0 saturated carbocycles. The Morgan fingerprint density at radius 2 is 2.20 bits per heavy atom. The lowest BCUT2D eigenvalue weighted by atomic mass is 10.1. The van der Waals surface area contributed by atoms with Crippen LogP contribution in [0.1, 0.15) is 12.5 Å². The van der Waals surface area contributed by atoms with E-state index in [0.29, 0.717) is 17.1 Å². The van der Waals surface area contributed by atoms with Crippen LogP contribution in [0.15, 0.2) is 18.2 Å². The van der Waals surface area contributed by atoms with E-state index in [1.807, 2.05) is 0 Å². The Morgan fingerprint density at radius 3 is 2.80 bits per heavy atom. The van der Waals surface area contributed by atoms with Crippen molar-refractivity contribution >= 4 is 5.97 Å². The first-order chi connectivity index (χ1) is 9.62. The van der Waals surface area contributed by atoms with Gasteiger partial charge in [0, 0.05) is 6.42 Å². The summed E-state index contributed by atoms with van der Waals surface area (Å²) < 4.78 is 28.7. The molecule has 0 aliphatic heterocycles. The molecule has 0 N–H and O–H groups in total. The fraction of sp³-hybridized carbons (Fsp3) is 0.400. The van der Waals surface area contributed by atoms with Crippen LogP contribution >= 0.6 is 0 Å². The van der Waals surface area contributed by atoms with Gasteiger partial charge < -0.3 is 14.2 Å². The smallest absolute Gasteiger partial charge is 0.341 e. The van der Waals surface area contributed by atoms with Gasteiger partial charge in [0.1, 0.15) is 6.61 Å². The van der Waals surface area contributed by atoms with Gasteiger partial charge in [0.2, 0.25) is 6.17 Å². The standard InChI is InChI=1S/C15H17FO4/c1-4-8-20-13-7-6-11(10-14(13)18-3)9-12(16)15(17)19-5-2/h1,6-7,10,12H,5,8-9H2,2-3H3. The maximum absolute atomic E-state index is 13.6. The number of methoxy groups -OCH3 is 1. The Balaban J connectivity index is 2.77. The predicted molar refractivity (Wildman–Crippen MR) is 72.6 cm³/mol. The number of hydrogen-bond acceptors (Lipinski definition) is 4. The number of alkyl halides is 1. The fourth-order valence-electron chi connectivity index (χ4n) is 1.60. The van der Waals surface area contributed by atoms with Gasteiger partial charge in [-0.15, -0.1) is 6.42 Å². The van der Waals surface area contributed by atoms with Gasteiger partial charge in [-0.2, -0.15) is 0 Å². The molecule has 5 heteroatoms. The lowest BCUT2D eigenvalue weighted by Gasteiger charge is -2.12. The molecule has 1 aromatic rings. The van der Waals surface area contributed by atoms with Gasteiger partial charge in [-0.3, -0.25) is 0 Å². The van der Waals surface area contributed by atoms with E-state index in [9.17, 15) is 9.18 Å². The third kappa shape index (κ3) is 4.47. The van der Waals surface area contributed by atoms with Crippen LogP contribution in [0.4, 0.5) is 4.39 Å². The Hall–Kier alpha value is -2.22. The molecule has 0 aliphatic rings. The van der Waals surface area contributed by atoms with Crippen LogP contribution in [0.3, 0.4) is 0 Å². The number of ether oxygens (including phenoxy) is 3. The SMILES string of the molecule is C#CCOc1ccc(CC(F)C(=O)OCC)cc1OC. The third-order valence-corrected chi connectivity index (χ3v) is 2.50. The number of hydrogen-bond donors (Lipinski definition) is 0. The van der Waals surface area contributed by atoms with Crippen molar-refractivity contribution in [3.63, 3.8) is 0 Å². The monoisotopic (exact) mass is 280 g/mol. The normalized spacial score (nSPS) is 11.3. The molecule has 0 bridgehead atoms. The summed E-state index contributed by atoms with van der Waals surface area (Å²) in [5, 5.41) is 0. The second kappa shape index (κ2) is 8.05. The summed E-state index contributed by atoms with van der Waals surface area (Å²) in [5.74, 6) is 2.39. The highest BCUT2D eigenvalue weighted by molar-refractivity contribution is 5.74. The van der Waals surface area contributed by atoms with Crippen molar-refractivity contribution in [2.45, 2.75) is 19.5 Å². The molecule has 0 spiro atoms. The molecule has 1 rings (SSSR count). The molecule has 0 amide bonds. The van der Waals surface area contributed by atoms with Crippen molar-refractivity contribution in [3.8, 4) is 23.8 Å². The van der Waals surface area contributed by atoms with Gasteiger partial charge in [0.05, 0.1) is 13.7 Å². The quantitative estimate of drug-likeness (QED) is 0.567. The first-order valence-electron chi connectivity index (χ1n) is 6.16. The molecule has 0 saturated heterocycles. The molecule has 0 heterocycles. The van der Waals surface area contributed by atoms with Gasteiger partial charge >= 0.3 is 5.97 Å². The van der Waals surface area contributed by atoms with Gasteiger partial charge in [-0.25, -0.2) is 9.18 Å².